The Labute approximate surface area is 160 Å². The van der Waals surface area contributed by atoms with Gasteiger partial charge in [-0.3, -0.25) is 10.1 Å². The van der Waals surface area contributed by atoms with Gasteiger partial charge in [0.25, 0.3) is 0 Å². The van der Waals surface area contributed by atoms with Crippen LogP contribution >= 0.6 is 23.6 Å². The van der Waals surface area contributed by atoms with E-state index in [-0.39, 0.29) is 11.9 Å². The number of amides is 1. The monoisotopic (exact) mass is 388 g/mol. The predicted molar refractivity (Wildman–Crippen MR) is 106 cm³/mol. The molecule has 7 nitrogen and oxygen atoms in total. The number of nitrogens with zero attached hydrogens (tertiary/aromatic N) is 3. The zero-order valence-electron chi connectivity index (χ0n) is 14.4. The van der Waals surface area contributed by atoms with Crippen molar-refractivity contribution in [3.8, 4) is 6.19 Å². The maximum absolute atomic E-state index is 11.8. The van der Waals surface area contributed by atoms with Gasteiger partial charge in [0.05, 0.1) is 15.9 Å². The van der Waals surface area contributed by atoms with Crippen molar-refractivity contribution in [2.45, 2.75) is 32.2 Å². The molecule has 1 amide bonds. The number of nitrogens with one attached hydrogen (secondary N) is 3. The smallest absolute Gasteiger partial charge is 0.220 e. The third-order valence-corrected chi connectivity index (χ3v) is 5.33. The molecule has 0 spiro atoms. The largest absolute Gasteiger partial charge is 0.352 e. The van der Waals surface area contributed by atoms with Crippen molar-refractivity contribution in [1.29, 1.82) is 5.26 Å². The number of fused-ring (bicyclic) bond motifs is 1. The number of aliphatic imine (C=N–C) groups is 1. The van der Waals surface area contributed by atoms with E-state index in [0.717, 1.165) is 39.2 Å². The number of aromatic nitrogens is 1. The van der Waals surface area contributed by atoms with E-state index in [4.69, 9.17) is 17.5 Å². The predicted octanol–water partition coefficient (Wildman–Crippen LogP) is 3.01. The Morgan fingerprint density at radius 3 is 3.19 bits per heavy atom. The SMILES string of the molecule is CCCC(=O)NC1CCN(C(=Nc2ccc3[nH]c(=S)sc3c2)NC#N)C1. The van der Waals surface area contributed by atoms with Crippen LogP contribution < -0.4 is 10.6 Å². The zero-order valence-corrected chi connectivity index (χ0v) is 16.0. The summed E-state index contributed by atoms with van der Waals surface area (Å²) in [6.07, 6.45) is 4.16. The molecule has 0 aliphatic carbocycles. The van der Waals surface area contributed by atoms with Crippen LogP contribution in [-0.4, -0.2) is 40.9 Å². The minimum absolute atomic E-state index is 0.0743. The van der Waals surface area contributed by atoms with Gasteiger partial charge in [0.2, 0.25) is 11.9 Å². The molecule has 1 saturated heterocycles. The van der Waals surface area contributed by atoms with Crippen LogP contribution in [0.25, 0.3) is 10.2 Å². The minimum atomic E-state index is 0.0743. The van der Waals surface area contributed by atoms with Crippen LogP contribution in [0.4, 0.5) is 5.69 Å². The number of benzene rings is 1. The van der Waals surface area contributed by atoms with E-state index in [1.807, 2.05) is 36.2 Å². The summed E-state index contributed by atoms with van der Waals surface area (Å²) in [6.45, 7) is 3.35. The highest BCUT2D eigenvalue weighted by Gasteiger charge is 2.26. The van der Waals surface area contributed by atoms with Gasteiger partial charge in [-0.15, -0.1) is 11.3 Å². The second-order valence-electron chi connectivity index (χ2n) is 6.12. The Hall–Kier alpha value is -2.44. The molecular weight excluding hydrogens is 368 g/mol. The van der Waals surface area contributed by atoms with Crippen molar-refractivity contribution in [3.63, 3.8) is 0 Å². The van der Waals surface area contributed by atoms with Gasteiger partial charge in [-0.05, 0) is 43.3 Å². The third kappa shape index (κ3) is 4.39. The highest BCUT2D eigenvalue weighted by molar-refractivity contribution is 7.73. The first kappa shape index (κ1) is 18.4. The van der Waals surface area contributed by atoms with Crippen molar-refractivity contribution >= 4 is 51.3 Å². The van der Waals surface area contributed by atoms with Gasteiger partial charge in [0.1, 0.15) is 0 Å². The molecule has 9 heteroatoms. The number of hydrogen-bond acceptors (Lipinski definition) is 5. The standard InChI is InChI=1S/C17H20N6OS2/c1-2-3-15(24)20-12-6-7-23(9-12)16(19-10-18)21-11-4-5-13-14(8-11)26-17(25)22-13/h4-5,8,12H,2-3,6-7,9H2,1H3,(H,19,21)(H,20,24)(H,22,25). The van der Waals surface area contributed by atoms with Gasteiger partial charge in [0, 0.05) is 25.6 Å². The van der Waals surface area contributed by atoms with E-state index < -0.39 is 0 Å². The number of aromatic amines is 1. The van der Waals surface area contributed by atoms with Crippen molar-refractivity contribution in [2.24, 2.45) is 4.99 Å². The first-order chi connectivity index (χ1) is 12.6. The third-order valence-electron chi connectivity index (χ3n) is 4.14. The summed E-state index contributed by atoms with van der Waals surface area (Å²) in [4.78, 5) is 21.5. The fourth-order valence-corrected chi connectivity index (χ4v) is 4.10. The van der Waals surface area contributed by atoms with Crippen LogP contribution in [0.3, 0.4) is 0 Å². The molecule has 26 heavy (non-hydrogen) atoms. The molecule has 2 aromatic rings. The summed E-state index contributed by atoms with van der Waals surface area (Å²) < 4.78 is 1.75. The van der Waals surface area contributed by atoms with E-state index in [1.165, 1.54) is 11.3 Å². The number of guanidine groups is 1. The molecule has 1 aromatic heterocycles. The van der Waals surface area contributed by atoms with Gasteiger partial charge in [-0.1, -0.05) is 6.92 Å². The molecular formula is C17H20N6OS2. The molecule has 3 rings (SSSR count). The molecule has 1 atom stereocenters. The van der Waals surface area contributed by atoms with E-state index in [1.54, 1.807) is 0 Å². The number of carbonyl (C=O) groups excluding carboxylic acids is 1. The lowest BCUT2D eigenvalue weighted by atomic mass is 10.2. The van der Waals surface area contributed by atoms with E-state index >= 15 is 0 Å². The molecule has 3 N–H and O–H groups in total. The van der Waals surface area contributed by atoms with Gasteiger partial charge in [-0.2, -0.15) is 5.26 Å². The van der Waals surface area contributed by atoms with Crippen LogP contribution in [0.5, 0.6) is 0 Å². The highest BCUT2D eigenvalue weighted by atomic mass is 32.1. The number of thiazole rings is 1. The minimum Gasteiger partial charge on any atom is -0.352 e. The summed E-state index contributed by atoms with van der Waals surface area (Å²) >= 11 is 6.66. The van der Waals surface area contributed by atoms with Gasteiger partial charge >= 0.3 is 0 Å². The van der Waals surface area contributed by atoms with Crippen molar-refractivity contribution in [2.75, 3.05) is 13.1 Å². The van der Waals surface area contributed by atoms with Crippen molar-refractivity contribution in [1.82, 2.24) is 20.5 Å². The Bertz CT molecular complexity index is 925. The summed E-state index contributed by atoms with van der Waals surface area (Å²) in [7, 11) is 0. The summed E-state index contributed by atoms with van der Waals surface area (Å²) in [5, 5.41) is 14.8. The molecule has 1 fully saturated rings. The number of rotatable bonds is 4. The van der Waals surface area contributed by atoms with E-state index in [9.17, 15) is 4.79 Å². The van der Waals surface area contributed by atoms with Crippen LogP contribution in [0, 0.1) is 15.4 Å². The second kappa shape index (κ2) is 8.29. The topological polar surface area (TPSA) is 96.3 Å². The van der Waals surface area contributed by atoms with Crippen LogP contribution in [0.15, 0.2) is 23.2 Å². The number of nitriles is 1. The average Bonchev–Trinajstić information content (AvgIpc) is 3.19. The Morgan fingerprint density at radius 1 is 1.58 bits per heavy atom. The van der Waals surface area contributed by atoms with E-state index in [2.05, 4.69) is 20.6 Å². The molecule has 0 radical (unpaired) electrons. The Morgan fingerprint density at radius 2 is 2.42 bits per heavy atom. The molecule has 136 valence electrons. The summed E-state index contributed by atoms with van der Waals surface area (Å²) in [5.74, 6) is 0.573. The number of H-pyrrole nitrogens is 1. The molecule has 1 aromatic carbocycles. The zero-order chi connectivity index (χ0) is 18.5. The normalized spacial score (nSPS) is 17.3. The highest BCUT2D eigenvalue weighted by Crippen LogP contribution is 2.25. The lowest BCUT2D eigenvalue weighted by Gasteiger charge is -2.19. The average molecular weight is 389 g/mol. The quantitative estimate of drug-likeness (QED) is 0.246. The molecule has 0 bridgehead atoms. The molecule has 1 aliphatic heterocycles. The number of likely N-dealkylation sites (tertiary alicyclic amines) is 1. The fourth-order valence-electron chi connectivity index (χ4n) is 2.95. The maximum Gasteiger partial charge on any atom is 0.220 e. The van der Waals surface area contributed by atoms with Crippen molar-refractivity contribution in [3.05, 3.63) is 22.2 Å². The molecule has 1 unspecified atom stereocenters. The van der Waals surface area contributed by atoms with Crippen LogP contribution in [0.2, 0.25) is 0 Å². The number of hydrogen-bond donors (Lipinski definition) is 3. The van der Waals surface area contributed by atoms with Gasteiger partial charge in [0.15, 0.2) is 10.1 Å². The Balaban J connectivity index is 1.75. The molecule has 2 heterocycles. The lowest BCUT2D eigenvalue weighted by molar-refractivity contribution is -0.121. The first-order valence-corrected chi connectivity index (χ1v) is 9.72. The van der Waals surface area contributed by atoms with Gasteiger partial charge in [-0.25, -0.2) is 4.99 Å². The molecule has 1 aliphatic rings. The van der Waals surface area contributed by atoms with Crippen LogP contribution in [-0.2, 0) is 4.79 Å². The van der Waals surface area contributed by atoms with Crippen molar-refractivity contribution < 1.29 is 4.79 Å². The summed E-state index contributed by atoms with van der Waals surface area (Å²) in [5.41, 5.74) is 1.73. The fraction of sp³-hybridized carbons (Fsp3) is 0.412. The second-order valence-corrected chi connectivity index (χ2v) is 7.84. The molecule has 0 saturated carbocycles. The summed E-state index contributed by atoms with van der Waals surface area (Å²) in [6, 6.07) is 5.84. The lowest BCUT2D eigenvalue weighted by Crippen LogP contribution is -2.41. The first-order valence-electron chi connectivity index (χ1n) is 8.50. The number of carbonyl (C=O) groups is 1. The Kier molecular flexibility index (Phi) is 5.85. The maximum atomic E-state index is 11.8. The van der Waals surface area contributed by atoms with Gasteiger partial charge < -0.3 is 15.2 Å². The van der Waals surface area contributed by atoms with E-state index in [0.29, 0.717) is 18.9 Å². The van der Waals surface area contributed by atoms with Crippen LogP contribution in [0.1, 0.15) is 26.2 Å².